The van der Waals surface area contributed by atoms with Gasteiger partial charge in [0.1, 0.15) is 0 Å². The van der Waals surface area contributed by atoms with E-state index in [0.717, 1.165) is 45.7 Å². The molecule has 26 heavy (non-hydrogen) atoms. The first kappa shape index (κ1) is 23.2. The van der Waals surface area contributed by atoms with Crippen LogP contribution in [0.5, 0.6) is 0 Å². The first-order valence-electron chi connectivity index (χ1n) is 10.0. The van der Waals surface area contributed by atoms with Crippen molar-refractivity contribution in [2.75, 3.05) is 57.4 Å². The smallest absolute Gasteiger partial charge is 0.191 e. The Balaban J connectivity index is 2.73. The summed E-state index contributed by atoms with van der Waals surface area (Å²) in [5, 5.41) is 6.38. The number of nitrogens with zero attached hydrogens (tertiary/aromatic N) is 2. The van der Waals surface area contributed by atoms with Crippen LogP contribution < -0.4 is 10.6 Å². The summed E-state index contributed by atoms with van der Waals surface area (Å²) in [6.45, 7) is 13.5. The third-order valence-electron chi connectivity index (χ3n) is 5.03. The lowest BCUT2D eigenvalue weighted by Crippen LogP contribution is -2.49. The van der Waals surface area contributed by atoms with Crippen LogP contribution in [0.25, 0.3) is 0 Å². The molecule has 0 aliphatic carbocycles. The summed E-state index contributed by atoms with van der Waals surface area (Å²) < 4.78 is 28.8. The molecular weight excluding hydrogens is 352 g/mol. The number of hydrogen-bond donors (Lipinski definition) is 2. The number of guanidine groups is 1. The van der Waals surface area contributed by atoms with Gasteiger partial charge in [-0.25, -0.2) is 8.42 Å². The molecule has 0 amide bonds. The Morgan fingerprint density at radius 3 is 2.31 bits per heavy atom. The lowest BCUT2D eigenvalue weighted by atomic mass is 9.92. The molecule has 0 spiro atoms. The third kappa shape index (κ3) is 8.22. The van der Waals surface area contributed by atoms with E-state index in [0.29, 0.717) is 31.0 Å². The fourth-order valence-corrected chi connectivity index (χ4v) is 4.00. The molecule has 1 unspecified atom stereocenters. The minimum atomic E-state index is -2.97. The predicted molar refractivity (Wildman–Crippen MR) is 109 cm³/mol. The number of aliphatic imine (C=N–C) groups is 1. The van der Waals surface area contributed by atoms with Gasteiger partial charge in [-0.15, -0.1) is 0 Å². The van der Waals surface area contributed by atoms with Gasteiger partial charge in [-0.05, 0) is 12.8 Å². The van der Waals surface area contributed by atoms with Crippen molar-refractivity contribution in [2.24, 2.45) is 10.9 Å². The maximum atomic E-state index is 11.7. The number of hydrogen-bond acceptors (Lipinski definition) is 5. The van der Waals surface area contributed by atoms with Crippen LogP contribution in [0.2, 0.25) is 0 Å². The van der Waals surface area contributed by atoms with Gasteiger partial charge in [-0.3, -0.25) is 9.89 Å². The highest BCUT2D eigenvalue weighted by atomic mass is 32.2. The highest BCUT2D eigenvalue weighted by Crippen LogP contribution is 2.20. The Morgan fingerprint density at radius 1 is 1.12 bits per heavy atom. The molecule has 154 valence electrons. The van der Waals surface area contributed by atoms with Crippen LogP contribution in [0.15, 0.2) is 4.99 Å². The Labute approximate surface area is 159 Å². The summed E-state index contributed by atoms with van der Waals surface area (Å²) in [4.78, 5) is 7.26. The number of morpholine rings is 1. The average molecular weight is 391 g/mol. The van der Waals surface area contributed by atoms with Gasteiger partial charge in [0.05, 0.1) is 25.5 Å². The molecule has 8 heteroatoms. The zero-order valence-corrected chi connectivity index (χ0v) is 17.8. The molecule has 1 aliphatic rings. The van der Waals surface area contributed by atoms with Gasteiger partial charge in [-0.2, -0.15) is 0 Å². The maximum absolute atomic E-state index is 11.7. The molecule has 1 aliphatic heterocycles. The van der Waals surface area contributed by atoms with E-state index in [-0.39, 0.29) is 11.5 Å². The minimum Gasteiger partial charge on any atom is -0.379 e. The fraction of sp³-hybridized carbons (Fsp3) is 0.944. The van der Waals surface area contributed by atoms with Gasteiger partial charge < -0.3 is 15.4 Å². The van der Waals surface area contributed by atoms with E-state index >= 15 is 0 Å². The number of sulfone groups is 1. The molecule has 0 saturated carbocycles. The second kappa shape index (κ2) is 12.5. The van der Waals surface area contributed by atoms with Gasteiger partial charge in [-0.1, -0.05) is 33.6 Å². The van der Waals surface area contributed by atoms with Crippen LogP contribution in [-0.2, 0) is 14.6 Å². The molecule has 2 N–H and O–H groups in total. The van der Waals surface area contributed by atoms with Gasteiger partial charge in [0, 0.05) is 38.0 Å². The van der Waals surface area contributed by atoms with E-state index in [2.05, 4.69) is 29.4 Å². The van der Waals surface area contributed by atoms with Crippen LogP contribution in [-0.4, -0.2) is 82.8 Å². The van der Waals surface area contributed by atoms with Crippen LogP contribution in [0.3, 0.4) is 0 Å². The zero-order chi connectivity index (χ0) is 19.4. The van der Waals surface area contributed by atoms with Crippen molar-refractivity contribution in [3.8, 4) is 0 Å². The molecule has 1 fully saturated rings. The van der Waals surface area contributed by atoms with Crippen LogP contribution in [0, 0.1) is 5.92 Å². The first-order valence-corrected chi connectivity index (χ1v) is 11.8. The zero-order valence-electron chi connectivity index (χ0n) is 17.0. The minimum absolute atomic E-state index is 0.132. The quantitative estimate of drug-likeness (QED) is 0.406. The van der Waals surface area contributed by atoms with E-state index in [1.54, 1.807) is 6.92 Å². The Hall–Kier alpha value is -0.860. The Kier molecular flexibility index (Phi) is 11.2. The monoisotopic (exact) mass is 390 g/mol. The van der Waals surface area contributed by atoms with Crippen LogP contribution >= 0.6 is 0 Å². The molecule has 1 rings (SSSR count). The second-order valence-corrected chi connectivity index (χ2v) is 9.15. The van der Waals surface area contributed by atoms with Crippen LogP contribution in [0.4, 0.5) is 0 Å². The number of rotatable bonds is 11. The van der Waals surface area contributed by atoms with Crippen molar-refractivity contribution in [2.45, 2.75) is 46.6 Å². The van der Waals surface area contributed by atoms with Crippen LogP contribution in [0.1, 0.15) is 40.5 Å². The molecule has 7 nitrogen and oxygen atoms in total. The molecule has 0 aromatic heterocycles. The topological polar surface area (TPSA) is 83.0 Å². The van der Waals surface area contributed by atoms with Crippen molar-refractivity contribution in [1.29, 1.82) is 0 Å². The number of nitrogens with one attached hydrogen (secondary N) is 2. The predicted octanol–water partition coefficient (Wildman–Crippen LogP) is 1.11. The second-order valence-electron chi connectivity index (χ2n) is 6.68. The van der Waals surface area contributed by atoms with E-state index in [1.165, 1.54) is 0 Å². The highest BCUT2D eigenvalue weighted by Gasteiger charge is 2.26. The molecule has 0 bridgehead atoms. The standard InChI is InChI=1S/C18H38N4O3S/c1-5-16(6-2)17(22-10-12-25-13-11-22)15-21-18(19-7-3)20-9-14-26(23,24)8-4/h16-17H,5-15H2,1-4H3,(H2,19,20,21). The van der Waals surface area contributed by atoms with E-state index in [9.17, 15) is 8.42 Å². The molecule has 1 saturated heterocycles. The lowest BCUT2D eigenvalue weighted by Gasteiger charge is -2.38. The normalized spacial score (nSPS) is 18.1. The first-order chi connectivity index (χ1) is 12.5. The Bertz CT molecular complexity index is 501. The van der Waals surface area contributed by atoms with E-state index in [4.69, 9.17) is 9.73 Å². The van der Waals surface area contributed by atoms with Crippen molar-refractivity contribution in [1.82, 2.24) is 15.5 Å². The summed E-state index contributed by atoms with van der Waals surface area (Å²) in [6.07, 6.45) is 2.26. The Morgan fingerprint density at radius 2 is 1.77 bits per heavy atom. The summed E-state index contributed by atoms with van der Waals surface area (Å²) in [5.41, 5.74) is 0. The van der Waals surface area contributed by atoms with Gasteiger partial charge in [0.2, 0.25) is 0 Å². The van der Waals surface area contributed by atoms with E-state index < -0.39 is 9.84 Å². The fourth-order valence-electron chi connectivity index (χ4n) is 3.30. The van der Waals surface area contributed by atoms with Crippen molar-refractivity contribution in [3.05, 3.63) is 0 Å². The molecule has 0 aromatic carbocycles. The van der Waals surface area contributed by atoms with Gasteiger partial charge >= 0.3 is 0 Å². The third-order valence-corrected chi connectivity index (χ3v) is 6.74. The van der Waals surface area contributed by atoms with Gasteiger partial charge in [0.15, 0.2) is 15.8 Å². The van der Waals surface area contributed by atoms with Crippen molar-refractivity contribution < 1.29 is 13.2 Å². The lowest BCUT2D eigenvalue weighted by molar-refractivity contribution is 0.00395. The SMILES string of the molecule is CCNC(=NCC(C(CC)CC)N1CCOCC1)NCCS(=O)(=O)CC. The molecule has 1 heterocycles. The summed E-state index contributed by atoms with van der Waals surface area (Å²) in [7, 11) is -2.97. The molecular formula is C18H38N4O3S. The average Bonchev–Trinajstić information content (AvgIpc) is 2.65. The van der Waals surface area contributed by atoms with Crippen molar-refractivity contribution in [3.63, 3.8) is 0 Å². The molecule has 0 aromatic rings. The van der Waals surface area contributed by atoms with Crippen molar-refractivity contribution >= 4 is 15.8 Å². The summed E-state index contributed by atoms with van der Waals surface area (Å²) >= 11 is 0. The summed E-state index contributed by atoms with van der Waals surface area (Å²) in [6, 6.07) is 0.392. The van der Waals surface area contributed by atoms with Gasteiger partial charge in [0.25, 0.3) is 0 Å². The van der Waals surface area contributed by atoms with E-state index in [1.807, 2.05) is 6.92 Å². The maximum Gasteiger partial charge on any atom is 0.191 e. The summed E-state index contributed by atoms with van der Waals surface area (Å²) in [5.74, 6) is 1.60. The highest BCUT2D eigenvalue weighted by molar-refractivity contribution is 7.91. The number of ether oxygens (including phenoxy) is 1. The molecule has 1 atom stereocenters. The molecule has 0 radical (unpaired) electrons. The largest absolute Gasteiger partial charge is 0.379 e.